The normalized spacial score (nSPS) is 15.7. The number of piperidine rings is 1. The fourth-order valence-corrected chi connectivity index (χ4v) is 4.52. The number of hydrogen-bond acceptors (Lipinski definition) is 8. The average molecular weight is 528 g/mol. The van der Waals surface area contributed by atoms with Gasteiger partial charge in [0, 0.05) is 44.3 Å². The molecule has 2 N–H and O–H groups in total. The monoisotopic (exact) mass is 527 g/mol. The first kappa shape index (κ1) is 26.7. The smallest absolute Gasteiger partial charge is 0.293 e. The molecule has 11 heteroatoms. The van der Waals surface area contributed by atoms with Gasteiger partial charge in [-0.1, -0.05) is 18.5 Å². The minimum atomic E-state index is -0.313. The quantitative estimate of drug-likeness (QED) is 0.437. The van der Waals surface area contributed by atoms with Gasteiger partial charge >= 0.3 is 0 Å². The lowest BCUT2D eigenvalue weighted by atomic mass is 10.0. The number of nitrogens with zero attached hydrogens (tertiary/aromatic N) is 5. The Morgan fingerprint density at radius 2 is 2.11 bits per heavy atom. The van der Waals surface area contributed by atoms with E-state index in [1.807, 2.05) is 37.2 Å². The number of nitrogens with one attached hydrogen (secondary N) is 2. The Bertz CT molecular complexity index is 1330. The van der Waals surface area contributed by atoms with Gasteiger partial charge in [0.15, 0.2) is 18.2 Å². The zero-order valence-corrected chi connectivity index (χ0v) is 22.5. The van der Waals surface area contributed by atoms with Crippen LogP contribution in [-0.2, 0) is 11.3 Å². The Labute approximate surface area is 221 Å². The summed E-state index contributed by atoms with van der Waals surface area (Å²) in [5.74, 6) is 1.57. The molecule has 1 fully saturated rings. The topological polar surface area (TPSA) is 105 Å². The van der Waals surface area contributed by atoms with Crippen LogP contribution < -0.4 is 25.8 Å². The molecule has 3 aromatic rings. The minimum absolute atomic E-state index is 0.119. The average Bonchev–Trinajstić information content (AvgIpc) is 2.88. The van der Waals surface area contributed by atoms with Crippen molar-refractivity contribution in [3.05, 3.63) is 45.8 Å². The SMILES string of the molecule is CNC(=O)COc1cc2cc(Nc3nc(N4CCC[C@H](C)C4)ncc3Cl)ccc2n(CCN(C)C)c1=O. The molecule has 4 rings (SSSR count). The first-order valence-corrected chi connectivity index (χ1v) is 12.8. The molecule has 198 valence electrons. The van der Waals surface area contributed by atoms with E-state index < -0.39 is 0 Å². The fourth-order valence-electron chi connectivity index (χ4n) is 4.39. The van der Waals surface area contributed by atoms with Gasteiger partial charge in [-0.2, -0.15) is 4.98 Å². The van der Waals surface area contributed by atoms with Crippen molar-refractivity contribution in [1.29, 1.82) is 0 Å². The standard InChI is InChI=1S/C26H34ClN7O3/c1-17-6-5-9-33(15-17)26-29-14-20(27)24(31-26)30-19-7-8-21-18(12-19)13-22(37-16-23(35)28-2)25(36)34(21)11-10-32(3)4/h7-8,12-14,17H,5-6,9-11,15-16H2,1-4H3,(H,28,35)(H,29,30,31)/t17-/m0/s1. The third-order valence-corrected chi connectivity index (χ3v) is 6.68. The van der Waals surface area contributed by atoms with Crippen molar-refractivity contribution in [2.75, 3.05) is 57.6 Å². The Balaban J connectivity index is 1.67. The fraction of sp³-hybridized carbons (Fsp3) is 0.462. The molecule has 10 nitrogen and oxygen atoms in total. The zero-order valence-electron chi connectivity index (χ0n) is 21.8. The number of hydrogen-bond donors (Lipinski definition) is 2. The number of aromatic nitrogens is 3. The lowest BCUT2D eigenvalue weighted by Crippen LogP contribution is -2.35. The molecule has 1 amide bonds. The van der Waals surface area contributed by atoms with Crippen molar-refractivity contribution >= 4 is 45.9 Å². The van der Waals surface area contributed by atoms with E-state index in [-0.39, 0.29) is 23.8 Å². The van der Waals surface area contributed by atoms with Gasteiger partial charge in [-0.3, -0.25) is 9.59 Å². The summed E-state index contributed by atoms with van der Waals surface area (Å²) in [5, 5.41) is 7.01. The molecular weight excluding hydrogens is 494 g/mol. The molecular formula is C26H34ClN7O3. The van der Waals surface area contributed by atoms with Gasteiger partial charge < -0.3 is 29.7 Å². The Morgan fingerprint density at radius 3 is 2.84 bits per heavy atom. The second-order valence-corrected chi connectivity index (χ2v) is 10.1. The number of halogens is 1. The van der Waals surface area contributed by atoms with Crippen LogP contribution in [0.5, 0.6) is 5.75 Å². The van der Waals surface area contributed by atoms with Crippen molar-refractivity contribution in [3.8, 4) is 5.75 Å². The number of benzene rings is 1. The molecule has 1 atom stereocenters. The second-order valence-electron chi connectivity index (χ2n) is 9.69. The predicted octanol–water partition coefficient (Wildman–Crippen LogP) is 3.11. The number of ether oxygens (including phenoxy) is 1. The maximum atomic E-state index is 13.2. The highest BCUT2D eigenvalue weighted by Crippen LogP contribution is 2.29. The van der Waals surface area contributed by atoms with Crippen LogP contribution in [0.15, 0.2) is 35.3 Å². The Kier molecular flexibility index (Phi) is 8.50. The Morgan fingerprint density at radius 1 is 1.30 bits per heavy atom. The molecule has 1 saturated heterocycles. The minimum Gasteiger partial charge on any atom is -0.478 e. The molecule has 1 aliphatic heterocycles. The van der Waals surface area contributed by atoms with Crippen molar-refractivity contribution in [1.82, 2.24) is 24.8 Å². The maximum absolute atomic E-state index is 13.2. The molecule has 1 aliphatic rings. The molecule has 0 radical (unpaired) electrons. The summed E-state index contributed by atoms with van der Waals surface area (Å²) >= 11 is 6.44. The van der Waals surface area contributed by atoms with Crippen LogP contribution >= 0.6 is 11.6 Å². The van der Waals surface area contributed by atoms with Gasteiger partial charge in [0.1, 0.15) is 5.02 Å². The summed E-state index contributed by atoms with van der Waals surface area (Å²) in [6, 6.07) is 7.36. The van der Waals surface area contributed by atoms with E-state index in [1.54, 1.807) is 16.8 Å². The van der Waals surface area contributed by atoms with Gasteiger partial charge in [-0.15, -0.1) is 0 Å². The summed E-state index contributed by atoms with van der Waals surface area (Å²) < 4.78 is 7.26. The molecule has 2 aromatic heterocycles. The summed E-state index contributed by atoms with van der Waals surface area (Å²) in [4.78, 5) is 38.2. The second kappa shape index (κ2) is 11.8. The number of pyridine rings is 1. The van der Waals surface area contributed by atoms with Crippen molar-refractivity contribution in [2.45, 2.75) is 26.3 Å². The van der Waals surface area contributed by atoms with Crippen molar-refractivity contribution in [2.24, 2.45) is 5.92 Å². The van der Waals surface area contributed by atoms with Crippen molar-refractivity contribution < 1.29 is 9.53 Å². The highest BCUT2D eigenvalue weighted by Gasteiger charge is 2.20. The number of likely N-dealkylation sites (N-methyl/N-ethyl adjacent to an activating group) is 2. The first-order chi connectivity index (χ1) is 17.7. The largest absolute Gasteiger partial charge is 0.478 e. The number of anilines is 3. The van der Waals surface area contributed by atoms with Gasteiger partial charge in [0.25, 0.3) is 11.5 Å². The van der Waals surface area contributed by atoms with Gasteiger partial charge in [-0.25, -0.2) is 4.98 Å². The van der Waals surface area contributed by atoms with E-state index in [2.05, 4.69) is 27.4 Å². The summed E-state index contributed by atoms with van der Waals surface area (Å²) in [6.45, 7) is 4.98. The van der Waals surface area contributed by atoms with E-state index in [9.17, 15) is 9.59 Å². The number of carbonyl (C=O) groups is 1. The summed E-state index contributed by atoms with van der Waals surface area (Å²) in [5.41, 5.74) is 1.24. The molecule has 0 unspecified atom stereocenters. The van der Waals surface area contributed by atoms with Crippen molar-refractivity contribution in [3.63, 3.8) is 0 Å². The number of fused-ring (bicyclic) bond motifs is 1. The summed E-state index contributed by atoms with van der Waals surface area (Å²) in [7, 11) is 5.42. The third kappa shape index (κ3) is 6.50. The van der Waals surface area contributed by atoms with E-state index >= 15 is 0 Å². The van der Waals surface area contributed by atoms with Gasteiger partial charge in [0.2, 0.25) is 5.95 Å². The molecule has 3 heterocycles. The molecule has 1 aromatic carbocycles. The molecule has 0 spiro atoms. The number of carbonyl (C=O) groups excluding carboxylic acids is 1. The lowest BCUT2D eigenvalue weighted by molar-refractivity contribution is -0.122. The third-order valence-electron chi connectivity index (χ3n) is 6.40. The zero-order chi connectivity index (χ0) is 26.5. The molecule has 0 bridgehead atoms. The number of rotatable bonds is 9. The van der Waals surface area contributed by atoms with Crippen LogP contribution in [0.2, 0.25) is 5.02 Å². The van der Waals surface area contributed by atoms with Crippen LogP contribution in [0.1, 0.15) is 19.8 Å². The summed E-state index contributed by atoms with van der Waals surface area (Å²) in [6.07, 6.45) is 3.94. The van der Waals surface area contributed by atoms with Crippen LogP contribution in [0, 0.1) is 5.92 Å². The number of amides is 1. The van der Waals surface area contributed by atoms with E-state index in [0.29, 0.717) is 35.8 Å². The first-order valence-electron chi connectivity index (χ1n) is 12.5. The molecule has 0 aliphatic carbocycles. The van der Waals surface area contributed by atoms with Crippen LogP contribution in [0.4, 0.5) is 17.5 Å². The molecule has 37 heavy (non-hydrogen) atoms. The highest BCUT2D eigenvalue weighted by molar-refractivity contribution is 6.32. The molecule has 0 saturated carbocycles. The maximum Gasteiger partial charge on any atom is 0.293 e. The van der Waals surface area contributed by atoms with E-state index in [0.717, 1.165) is 36.1 Å². The van der Waals surface area contributed by atoms with Gasteiger partial charge in [-0.05, 0) is 57.1 Å². The van der Waals surface area contributed by atoms with E-state index in [1.165, 1.54) is 13.5 Å². The highest BCUT2D eigenvalue weighted by atomic mass is 35.5. The van der Waals surface area contributed by atoms with E-state index in [4.69, 9.17) is 21.3 Å². The van der Waals surface area contributed by atoms with Crippen LogP contribution in [-0.4, -0.2) is 72.7 Å². The predicted molar refractivity (Wildman–Crippen MR) is 147 cm³/mol. The van der Waals surface area contributed by atoms with Crippen LogP contribution in [0.3, 0.4) is 0 Å². The van der Waals surface area contributed by atoms with Gasteiger partial charge in [0.05, 0.1) is 11.7 Å². The van der Waals surface area contributed by atoms with Crippen LogP contribution in [0.25, 0.3) is 10.9 Å². The lowest BCUT2D eigenvalue weighted by Gasteiger charge is -2.31. The Hall–Kier alpha value is -3.37.